The second-order valence-corrected chi connectivity index (χ2v) is 5.93. The smallest absolute Gasteiger partial charge is 0.267 e. The first kappa shape index (κ1) is 15.1. The molecule has 0 aromatic carbocycles. The lowest BCUT2D eigenvalue weighted by molar-refractivity contribution is 0.0838. The third-order valence-corrected chi connectivity index (χ3v) is 4.94. The van der Waals surface area contributed by atoms with Gasteiger partial charge in [-0.3, -0.25) is 4.79 Å². The summed E-state index contributed by atoms with van der Waals surface area (Å²) in [5, 5.41) is 12.6. The van der Waals surface area contributed by atoms with Crippen molar-refractivity contribution in [1.29, 1.82) is 0 Å². The van der Waals surface area contributed by atoms with Crippen LogP contribution in [0.15, 0.2) is 18.3 Å². The number of hydrogen-bond donors (Lipinski definition) is 2. The fourth-order valence-corrected chi connectivity index (χ4v) is 2.71. The Morgan fingerprint density at radius 3 is 2.65 bits per heavy atom. The Kier molecular flexibility index (Phi) is 4.86. The summed E-state index contributed by atoms with van der Waals surface area (Å²) in [6, 6.07) is 4.31. The van der Waals surface area contributed by atoms with Crippen molar-refractivity contribution in [3.63, 3.8) is 0 Å². The van der Waals surface area contributed by atoms with Crippen molar-refractivity contribution in [3.8, 4) is 0 Å². The largest absolute Gasteiger partial charge is 0.396 e. The summed E-state index contributed by atoms with van der Waals surface area (Å²) >= 11 is 0. The molecule has 2 rings (SSSR count). The number of nitrogens with one attached hydrogen (secondary N) is 1. The van der Waals surface area contributed by atoms with Gasteiger partial charge in [0.25, 0.3) is 5.91 Å². The maximum absolute atomic E-state index is 12.4. The summed E-state index contributed by atoms with van der Waals surface area (Å²) in [4.78, 5) is 12.4. The molecule has 2 N–H and O–H groups in total. The minimum Gasteiger partial charge on any atom is -0.396 e. The van der Waals surface area contributed by atoms with E-state index in [2.05, 4.69) is 23.7 Å². The molecule has 0 spiro atoms. The van der Waals surface area contributed by atoms with Gasteiger partial charge in [-0.1, -0.05) is 13.8 Å². The number of hydrogen-bond acceptors (Lipinski definition) is 2. The summed E-state index contributed by atoms with van der Waals surface area (Å²) in [6.07, 6.45) is 7.31. The summed E-state index contributed by atoms with van der Waals surface area (Å²) in [5.41, 5.74) is 0.553. The minimum atomic E-state index is -0.191. The predicted octanol–water partition coefficient (Wildman–Crippen LogP) is 2.74. The van der Waals surface area contributed by atoms with Crippen molar-refractivity contribution < 1.29 is 9.90 Å². The van der Waals surface area contributed by atoms with Gasteiger partial charge in [-0.05, 0) is 44.2 Å². The van der Waals surface area contributed by atoms with E-state index in [1.807, 2.05) is 18.3 Å². The molecule has 1 saturated carbocycles. The molecule has 0 atom stereocenters. The molecule has 1 amide bonds. The van der Waals surface area contributed by atoms with E-state index in [1.165, 1.54) is 19.3 Å². The number of aromatic nitrogens is 1. The first-order chi connectivity index (χ1) is 9.65. The van der Waals surface area contributed by atoms with E-state index in [1.54, 1.807) is 0 Å². The molecule has 1 fully saturated rings. The lowest BCUT2D eigenvalue weighted by atomic mass is 9.83. The third kappa shape index (κ3) is 2.90. The highest BCUT2D eigenvalue weighted by atomic mass is 16.3. The summed E-state index contributed by atoms with van der Waals surface area (Å²) in [6.45, 7) is 4.76. The monoisotopic (exact) mass is 278 g/mol. The number of aliphatic hydroxyl groups excluding tert-OH is 1. The number of rotatable bonds is 7. The molecule has 1 aromatic heterocycles. The van der Waals surface area contributed by atoms with Gasteiger partial charge in [0.2, 0.25) is 0 Å². The van der Waals surface area contributed by atoms with Crippen LogP contribution >= 0.6 is 0 Å². The summed E-state index contributed by atoms with van der Waals surface area (Å²) in [7, 11) is 0. The van der Waals surface area contributed by atoms with Crippen LogP contribution in [0, 0.1) is 5.41 Å². The molecule has 4 heteroatoms. The van der Waals surface area contributed by atoms with Crippen molar-refractivity contribution in [3.05, 3.63) is 24.0 Å². The van der Waals surface area contributed by atoms with Gasteiger partial charge in [0.1, 0.15) is 5.69 Å². The average molecular weight is 278 g/mol. The molecule has 0 saturated heterocycles. The van der Waals surface area contributed by atoms with Crippen LogP contribution in [0.3, 0.4) is 0 Å². The van der Waals surface area contributed by atoms with Gasteiger partial charge in [-0.25, -0.2) is 0 Å². The number of carbonyl (C=O) groups excluding carboxylic acids is 1. The van der Waals surface area contributed by atoms with Crippen LogP contribution in [-0.2, 0) is 0 Å². The van der Waals surface area contributed by atoms with Crippen LogP contribution in [0.4, 0.5) is 0 Å². The van der Waals surface area contributed by atoms with Crippen molar-refractivity contribution in [1.82, 2.24) is 9.88 Å². The van der Waals surface area contributed by atoms with E-state index in [-0.39, 0.29) is 17.9 Å². The Balaban J connectivity index is 2.00. The van der Waals surface area contributed by atoms with E-state index in [4.69, 9.17) is 0 Å². The Labute approximate surface area is 121 Å². The Morgan fingerprint density at radius 2 is 2.15 bits per heavy atom. The lowest BCUT2D eigenvalue weighted by Crippen LogP contribution is -2.40. The fraction of sp³-hybridized carbons (Fsp3) is 0.688. The molecule has 1 aromatic rings. The molecule has 0 unspecified atom stereocenters. The van der Waals surface area contributed by atoms with E-state index in [0.29, 0.717) is 12.6 Å². The first-order valence-corrected chi connectivity index (χ1v) is 7.71. The Hall–Kier alpha value is -1.29. The first-order valence-electron chi connectivity index (χ1n) is 7.71. The summed E-state index contributed by atoms with van der Waals surface area (Å²) < 4.78 is 2.09. The number of carbonyl (C=O) groups is 1. The fourth-order valence-electron chi connectivity index (χ4n) is 2.71. The van der Waals surface area contributed by atoms with Crippen molar-refractivity contribution in [2.75, 3.05) is 13.2 Å². The zero-order valence-corrected chi connectivity index (χ0v) is 12.6. The van der Waals surface area contributed by atoms with Crippen LogP contribution < -0.4 is 5.32 Å². The lowest BCUT2D eigenvalue weighted by Gasteiger charge is -2.31. The van der Waals surface area contributed by atoms with E-state index < -0.39 is 0 Å². The van der Waals surface area contributed by atoms with Gasteiger partial charge in [0, 0.05) is 24.2 Å². The number of aliphatic hydroxyl groups is 1. The van der Waals surface area contributed by atoms with Gasteiger partial charge in [-0.15, -0.1) is 0 Å². The third-order valence-electron chi connectivity index (χ3n) is 4.94. The molecule has 1 aliphatic rings. The molecule has 0 bridgehead atoms. The molecule has 1 heterocycles. The SMILES string of the molecule is CCC(CC)(CO)CNC(=O)c1cccn1C1CCC1. The average Bonchev–Trinajstić information content (AvgIpc) is 2.88. The van der Waals surface area contributed by atoms with Gasteiger partial charge in [0.05, 0.1) is 6.61 Å². The zero-order valence-electron chi connectivity index (χ0n) is 12.6. The minimum absolute atomic E-state index is 0.0263. The van der Waals surface area contributed by atoms with Gasteiger partial charge in [0.15, 0.2) is 0 Å². The molecular formula is C16H26N2O2. The highest BCUT2D eigenvalue weighted by molar-refractivity contribution is 5.92. The van der Waals surface area contributed by atoms with Crippen molar-refractivity contribution in [2.45, 2.75) is 52.0 Å². The van der Waals surface area contributed by atoms with Crippen molar-refractivity contribution >= 4 is 5.91 Å². The standard InChI is InChI=1S/C16H26N2O2/c1-3-16(4-2,12-19)11-17-15(20)14-9-6-10-18(14)13-7-5-8-13/h6,9-10,13,19H,3-5,7-8,11-12H2,1-2H3,(H,17,20). The second kappa shape index (κ2) is 6.44. The normalized spacial score (nSPS) is 15.9. The van der Waals surface area contributed by atoms with E-state index >= 15 is 0 Å². The van der Waals surface area contributed by atoms with Crippen LogP contribution in [0.1, 0.15) is 62.5 Å². The van der Waals surface area contributed by atoms with Gasteiger partial charge < -0.3 is 15.0 Å². The van der Waals surface area contributed by atoms with E-state index in [9.17, 15) is 9.90 Å². The second-order valence-electron chi connectivity index (χ2n) is 5.93. The number of nitrogens with zero attached hydrogens (tertiary/aromatic N) is 1. The van der Waals surface area contributed by atoms with Crippen molar-refractivity contribution in [2.24, 2.45) is 5.41 Å². The molecular weight excluding hydrogens is 252 g/mol. The highest BCUT2D eigenvalue weighted by Crippen LogP contribution is 2.32. The quantitative estimate of drug-likeness (QED) is 0.805. The molecule has 0 radical (unpaired) electrons. The van der Waals surface area contributed by atoms with Crippen LogP contribution in [0.5, 0.6) is 0 Å². The van der Waals surface area contributed by atoms with Gasteiger partial charge in [-0.2, -0.15) is 0 Å². The topological polar surface area (TPSA) is 54.3 Å². The summed E-state index contributed by atoms with van der Waals surface area (Å²) in [5.74, 6) is -0.0263. The highest BCUT2D eigenvalue weighted by Gasteiger charge is 2.27. The van der Waals surface area contributed by atoms with E-state index in [0.717, 1.165) is 18.5 Å². The Morgan fingerprint density at radius 1 is 1.45 bits per heavy atom. The van der Waals surface area contributed by atoms with Crippen LogP contribution in [0.25, 0.3) is 0 Å². The molecule has 0 aliphatic heterocycles. The molecule has 4 nitrogen and oxygen atoms in total. The zero-order chi connectivity index (χ0) is 14.6. The van der Waals surface area contributed by atoms with Gasteiger partial charge >= 0.3 is 0 Å². The molecule has 112 valence electrons. The Bertz CT molecular complexity index is 437. The maximum atomic E-state index is 12.4. The molecule has 1 aliphatic carbocycles. The maximum Gasteiger partial charge on any atom is 0.267 e. The van der Waals surface area contributed by atoms with Crippen LogP contribution in [0.2, 0.25) is 0 Å². The van der Waals surface area contributed by atoms with Crippen LogP contribution in [-0.4, -0.2) is 28.7 Å². The predicted molar refractivity (Wildman–Crippen MR) is 79.8 cm³/mol. The molecule has 20 heavy (non-hydrogen) atoms. The number of amides is 1.